The molecule has 1 saturated heterocycles. The molecule has 1 fully saturated rings. The molecule has 1 aromatic carbocycles. The van der Waals surface area contributed by atoms with Gasteiger partial charge in [0.15, 0.2) is 0 Å². The first-order chi connectivity index (χ1) is 9.95. The highest BCUT2D eigenvalue weighted by atomic mass is 35.5. The van der Waals surface area contributed by atoms with Gasteiger partial charge in [0.25, 0.3) is 0 Å². The van der Waals surface area contributed by atoms with Crippen LogP contribution >= 0.6 is 23.2 Å². The van der Waals surface area contributed by atoms with E-state index >= 15 is 0 Å². The molecule has 0 unspecified atom stereocenters. The smallest absolute Gasteiger partial charge is 0.236 e. The largest absolute Gasteiger partial charge is 0.393 e. The number of aliphatic hydroxyl groups is 1. The Balaban J connectivity index is 1.87. The molecule has 2 rings (SSSR count). The Morgan fingerprint density at radius 2 is 2.05 bits per heavy atom. The van der Waals surface area contributed by atoms with Crippen molar-refractivity contribution in [3.8, 4) is 0 Å². The zero-order valence-electron chi connectivity index (χ0n) is 12.1. The summed E-state index contributed by atoms with van der Waals surface area (Å²) in [6.07, 6.45) is 1.06. The average molecular weight is 331 g/mol. The Morgan fingerprint density at radius 1 is 1.38 bits per heavy atom. The van der Waals surface area contributed by atoms with Gasteiger partial charge in [-0.05, 0) is 43.7 Å². The Hall–Kier alpha value is -0.810. The second-order valence-corrected chi connectivity index (χ2v) is 6.36. The van der Waals surface area contributed by atoms with Crippen LogP contribution in [0.15, 0.2) is 18.2 Å². The van der Waals surface area contributed by atoms with E-state index in [0.717, 1.165) is 5.56 Å². The van der Waals surface area contributed by atoms with Gasteiger partial charge in [0.1, 0.15) is 0 Å². The van der Waals surface area contributed by atoms with Crippen molar-refractivity contribution in [2.45, 2.75) is 25.5 Å². The molecular formula is C15H20Cl2N2O2. The summed E-state index contributed by atoms with van der Waals surface area (Å²) in [4.78, 5) is 15.9. The van der Waals surface area contributed by atoms with Crippen LogP contribution in [0.4, 0.5) is 0 Å². The van der Waals surface area contributed by atoms with Gasteiger partial charge in [-0.15, -0.1) is 0 Å². The van der Waals surface area contributed by atoms with Crippen molar-refractivity contribution in [3.05, 3.63) is 33.8 Å². The number of likely N-dealkylation sites (N-methyl/N-ethyl adjacent to an activating group) is 1. The molecule has 1 aliphatic rings. The molecule has 21 heavy (non-hydrogen) atoms. The minimum atomic E-state index is -0.267. The third-order valence-corrected chi connectivity index (χ3v) is 4.27. The van der Waals surface area contributed by atoms with Crippen LogP contribution in [0.25, 0.3) is 0 Å². The van der Waals surface area contributed by atoms with Gasteiger partial charge in [-0.1, -0.05) is 23.2 Å². The molecular weight excluding hydrogens is 311 g/mol. The van der Waals surface area contributed by atoms with Gasteiger partial charge in [0.2, 0.25) is 5.91 Å². The van der Waals surface area contributed by atoms with E-state index in [-0.39, 0.29) is 12.0 Å². The number of piperidine rings is 1. The number of likely N-dealkylation sites (tertiary alicyclic amines) is 1. The summed E-state index contributed by atoms with van der Waals surface area (Å²) < 4.78 is 0. The lowest BCUT2D eigenvalue weighted by Gasteiger charge is -2.31. The molecule has 116 valence electrons. The van der Waals surface area contributed by atoms with Gasteiger partial charge in [-0.25, -0.2) is 0 Å². The number of aliphatic hydroxyl groups excluding tert-OH is 1. The summed E-state index contributed by atoms with van der Waals surface area (Å²) in [5.74, 6) is 0.0857. The second-order valence-electron chi connectivity index (χ2n) is 5.52. The fraction of sp³-hybridized carbons (Fsp3) is 0.533. The molecule has 0 atom stereocenters. The van der Waals surface area contributed by atoms with Crippen LogP contribution in [0.3, 0.4) is 0 Å². The zero-order valence-corrected chi connectivity index (χ0v) is 13.6. The Morgan fingerprint density at radius 3 is 2.71 bits per heavy atom. The lowest BCUT2D eigenvalue weighted by Crippen LogP contribution is -2.44. The van der Waals surface area contributed by atoms with Crippen LogP contribution < -0.4 is 0 Å². The van der Waals surface area contributed by atoms with Crippen LogP contribution in [-0.2, 0) is 11.3 Å². The van der Waals surface area contributed by atoms with Crippen molar-refractivity contribution in [3.63, 3.8) is 0 Å². The fourth-order valence-electron chi connectivity index (χ4n) is 2.46. The molecule has 1 amide bonds. The van der Waals surface area contributed by atoms with Crippen molar-refractivity contribution < 1.29 is 9.90 Å². The first kappa shape index (κ1) is 16.6. The first-order valence-corrected chi connectivity index (χ1v) is 7.79. The van der Waals surface area contributed by atoms with Crippen molar-refractivity contribution in [1.82, 2.24) is 9.80 Å². The van der Waals surface area contributed by atoms with Crippen molar-refractivity contribution in [2.24, 2.45) is 0 Å². The summed E-state index contributed by atoms with van der Waals surface area (Å²) >= 11 is 12.1. The summed E-state index contributed by atoms with van der Waals surface area (Å²) in [6, 6.07) is 5.33. The van der Waals surface area contributed by atoms with Crippen molar-refractivity contribution in [1.29, 1.82) is 0 Å². The summed E-state index contributed by atoms with van der Waals surface area (Å²) in [5.41, 5.74) is 0.911. The van der Waals surface area contributed by atoms with Crippen LogP contribution in [0.1, 0.15) is 18.4 Å². The predicted molar refractivity (Wildman–Crippen MR) is 84.6 cm³/mol. The summed E-state index contributed by atoms with van der Waals surface area (Å²) in [6.45, 7) is 2.16. The number of hydrogen-bond donors (Lipinski definition) is 1. The molecule has 4 nitrogen and oxygen atoms in total. The van der Waals surface area contributed by atoms with Gasteiger partial charge >= 0.3 is 0 Å². The SMILES string of the molecule is CN(CC(=O)N1CCC(O)CC1)Cc1cc(Cl)ccc1Cl. The minimum absolute atomic E-state index is 0.0857. The van der Waals surface area contributed by atoms with Crippen LogP contribution in [0.2, 0.25) is 10.0 Å². The average Bonchev–Trinajstić information content (AvgIpc) is 2.43. The molecule has 0 radical (unpaired) electrons. The van der Waals surface area contributed by atoms with Gasteiger partial charge in [0, 0.05) is 29.7 Å². The summed E-state index contributed by atoms with van der Waals surface area (Å²) in [7, 11) is 1.88. The van der Waals surface area contributed by atoms with E-state index in [0.29, 0.717) is 49.1 Å². The maximum absolute atomic E-state index is 12.2. The van der Waals surface area contributed by atoms with E-state index in [1.807, 2.05) is 22.9 Å². The van der Waals surface area contributed by atoms with E-state index in [9.17, 15) is 9.90 Å². The normalized spacial score (nSPS) is 16.5. The second kappa shape index (κ2) is 7.45. The van der Waals surface area contributed by atoms with Gasteiger partial charge < -0.3 is 10.0 Å². The number of benzene rings is 1. The third-order valence-electron chi connectivity index (χ3n) is 3.67. The Labute approximate surface area is 135 Å². The van der Waals surface area contributed by atoms with Gasteiger partial charge in [-0.2, -0.15) is 0 Å². The number of hydrogen-bond acceptors (Lipinski definition) is 3. The monoisotopic (exact) mass is 330 g/mol. The topological polar surface area (TPSA) is 43.8 Å². The minimum Gasteiger partial charge on any atom is -0.393 e. The van der Waals surface area contributed by atoms with Crippen LogP contribution in [0, 0.1) is 0 Å². The molecule has 6 heteroatoms. The number of amides is 1. The lowest BCUT2D eigenvalue weighted by molar-refractivity contribution is -0.134. The van der Waals surface area contributed by atoms with Gasteiger partial charge in [-0.3, -0.25) is 9.69 Å². The van der Waals surface area contributed by atoms with Crippen LogP contribution in [-0.4, -0.2) is 53.6 Å². The number of halogens is 2. The van der Waals surface area contributed by atoms with E-state index < -0.39 is 0 Å². The summed E-state index contributed by atoms with van der Waals surface area (Å²) in [5, 5.41) is 10.8. The molecule has 0 aliphatic carbocycles. The lowest BCUT2D eigenvalue weighted by atomic mass is 10.1. The number of carbonyl (C=O) groups is 1. The van der Waals surface area contributed by atoms with Crippen molar-refractivity contribution >= 4 is 29.1 Å². The van der Waals surface area contributed by atoms with E-state index in [1.165, 1.54) is 0 Å². The molecule has 0 spiro atoms. The highest BCUT2D eigenvalue weighted by molar-refractivity contribution is 6.33. The number of rotatable bonds is 4. The number of nitrogens with zero attached hydrogens (tertiary/aromatic N) is 2. The predicted octanol–water partition coefficient (Wildman–Crippen LogP) is 2.41. The highest BCUT2D eigenvalue weighted by Crippen LogP contribution is 2.21. The van der Waals surface area contributed by atoms with E-state index in [2.05, 4.69) is 0 Å². The fourth-order valence-corrected chi connectivity index (χ4v) is 2.83. The standard InChI is InChI=1S/C15H20Cl2N2O2/c1-18(9-11-8-12(16)2-3-14(11)17)10-15(21)19-6-4-13(20)5-7-19/h2-3,8,13,20H,4-7,9-10H2,1H3. The Kier molecular flexibility index (Phi) is 5.88. The molecule has 1 aromatic rings. The molecule has 1 heterocycles. The van der Waals surface area contributed by atoms with E-state index in [4.69, 9.17) is 23.2 Å². The third kappa shape index (κ3) is 4.85. The van der Waals surface area contributed by atoms with Gasteiger partial charge in [0.05, 0.1) is 12.6 Å². The van der Waals surface area contributed by atoms with Crippen molar-refractivity contribution in [2.75, 3.05) is 26.7 Å². The van der Waals surface area contributed by atoms with E-state index in [1.54, 1.807) is 12.1 Å². The molecule has 0 aromatic heterocycles. The molecule has 0 saturated carbocycles. The molecule has 1 aliphatic heterocycles. The van der Waals surface area contributed by atoms with Crippen LogP contribution in [0.5, 0.6) is 0 Å². The first-order valence-electron chi connectivity index (χ1n) is 7.04. The molecule has 1 N–H and O–H groups in total. The maximum Gasteiger partial charge on any atom is 0.236 e. The maximum atomic E-state index is 12.2. The number of carbonyl (C=O) groups excluding carboxylic acids is 1. The Bertz CT molecular complexity index is 502. The molecule has 0 bridgehead atoms. The highest BCUT2D eigenvalue weighted by Gasteiger charge is 2.22. The zero-order chi connectivity index (χ0) is 15.4. The quantitative estimate of drug-likeness (QED) is 0.921.